The summed E-state index contributed by atoms with van der Waals surface area (Å²) in [6, 6.07) is 16.2. The van der Waals surface area contributed by atoms with Crippen molar-refractivity contribution in [3.8, 4) is 11.5 Å². The molecule has 34 heavy (non-hydrogen) atoms. The van der Waals surface area contributed by atoms with Gasteiger partial charge in [-0.3, -0.25) is 0 Å². The minimum Gasteiger partial charge on any atom is -0.454 e. The molecule has 0 amide bonds. The van der Waals surface area contributed by atoms with E-state index < -0.39 is 10.0 Å². The molecule has 8 heteroatoms. The summed E-state index contributed by atoms with van der Waals surface area (Å²) in [6.07, 6.45) is 1.69. The van der Waals surface area contributed by atoms with E-state index in [0.29, 0.717) is 23.1 Å². The zero-order valence-corrected chi connectivity index (χ0v) is 21.2. The van der Waals surface area contributed by atoms with Gasteiger partial charge in [0.15, 0.2) is 11.5 Å². The van der Waals surface area contributed by atoms with Crippen molar-refractivity contribution < 1.29 is 17.9 Å². The summed E-state index contributed by atoms with van der Waals surface area (Å²) in [6.45, 7) is 8.00. The summed E-state index contributed by atoms with van der Waals surface area (Å²) < 4.78 is 40.3. The first kappa shape index (κ1) is 24.8. The zero-order chi connectivity index (χ0) is 24.1. The van der Waals surface area contributed by atoms with Crippen molar-refractivity contribution in [1.82, 2.24) is 9.21 Å². The molecule has 0 bridgehead atoms. The number of halogens is 1. The molecule has 0 radical (unpaired) electrons. The van der Waals surface area contributed by atoms with Gasteiger partial charge in [0.05, 0.1) is 4.90 Å². The predicted octanol–water partition coefficient (Wildman–Crippen LogP) is 5.53. The third-order valence-corrected chi connectivity index (χ3v) is 8.46. The van der Waals surface area contributed by atoms with E-state index in [9.17, 15) is 8.42 Å². The van der Waals surface area contributed by atoms with Crippen molar-refractivity contribution in [2.45, 2.75) is 38.1 Å². The fourth-order valence-electron chi connectivity index (χ4n) is 4.28. The predicted molar refractivity (Wildman–Crippen MR) is 136 cm³/mol. The smallest absolute Gasteiger partial charge is 0.243 e. The third-order valence-electron chi connectivity index (χ3n) is 6.29. The number of para-hydroxylation sites is 1. The lowest BCUT2D eigenvalue weighted by Crippen LogP contribution is -2.32. The van der Waals surface area contributed by atoms with Gasteiger partial charge in [0.25, 0.3) is 0 Å². The average molecular weight is 503 g/mol. The molecule has 0 fully saturated rings. The SMILES string of the molecule is CCN(CC)CCCCN(Cc1cccc2c1OCO2)S(=O)(=O)c1ccc2c(Cl)cccc2c1. The van der Waals surface area contributed by atoms with Crippen LogP contribution in [0.2, 0.25) is 5.02 Å². The van der Waals surface area contributed by atoms with Gasteiger partial charge in [0, 0.05) is 29.1 Å². The Morgan fingerprint density at radius 2 is 1.71 bits per heavy atom. The van der Waals surface area contributed by atoms with Crippen LogP contribution in [0.15, 0.2) is 59.5 Å². The van der Waals surface area contributed by atoms with E-state index in [-0.39, 0.29) is 18.2 Å². The lowest BCUT2D eigenvalue weighted by Gasteiger charge is -2.24. The Morgan fingerprint density at radius 3 is 2.50 bits per heavy atom. The largest absolute Gasteiger partial charge is 0.454 e. The van der Waals surface area contributed by atoms with Crippen molar-refractivity contribution in [3.63, 3.8) is 0 Å². The summed E-state index contributed by atoms with van der Waals surface area (Å²) in [7, 11) is -3.75. The number of unbranched alkanes of at least 4 members (excludes halogenated alkanes) is 1. The molecule has 3 aromatic carbocycles. The molecule has 0 unspecified atom stereocenters. The van der Waals surface area contributed by atoms with Gasteiger partial charge in [0.2, 0.25) is 16.8 Å². The number of fused-ring (bicyclic) bond motifs is 2. The molecule has 0 spiro atoms. The van der Waals surface area contributed by atoms with E-state index >= 15 is 0 Å². The lowest BCUT2D eigenvalue weighted by molar-refractivity contribution is 0.172. The maximum absolute atomic E-state index is 13.8. The molecular weight excluding hydrogens is 472 g/mol. The number of hydrogen-bond donors (Lipinski definition) is 0. The Kier molecular flexibility index (Phi) is 7.99. The molecule has 1 aliphatic rings. The quantitative estimate of drug-likeness (QED) is 0.322. The maximum atomic E-state index is 13.8. The fourth-order valence-corrected chi connectivity index (χ4v) is 6.02. The summed E-state index contributed by atoms with van der Waals surface area (Å²) in [4.78, 5) is 2.61. The first-order valence-electron chi connectivity index (χ1n) is 11.7. The molecular formula is C26H31ClN2O4S. The monoisotopic (exact) mass is 502 g/mol. The summed E-state index contributed by atoms with van der Waals surface area (Å²) in [5.41, 5.74) is 0.797. The normalized spacial score (nSPS) is 13.3. The first-order chi connectivity index (χ1) is 16.4. The Hall–Kier alpha value is -2.32. The molecule has 4 rings (SSSR count). The lowest BCUT2D eigenvalue weighted by atomic mass is 10.1. The summed E-state index contributed by atoms with van der Waals surface area (Å²) >= 11 is 6.29. The van der Waals surface area contributed by atoms with Crippen molar-refractivity contribution in [1.29, 1.82) is 0 Å². The molecule has 1 heterocycles. The van der Waals surface area contributed by atoms with Crippen LogP contribution in [0.3, 0.4) is 0 Å². The van der Waals surface area contributed by atoms with Crippen molar-refractivity contribution >= 4 is 32.4 Å². The highest BCUT2D eigenvalue weighted by Crippen LogP contribution is 2.37. The van der Waals surface area contributed by atoms with E-state index in [4.69, 9.17) is 21.1 Å². The Balaban J connectivity index is 1.61. The van der Waals surface area contributed by atoms with Gasteiger partial charge in [-0.2, -0.15) is 4.31 Å². The van der Waals surface area contributed by atoms with E-state index in [1.807, 2.05) is 30.3 Å². The van der Waals surface area contributed by atoms with Gasteiger partial charge >= 0.3 is 0 Å². The van der Waals surface area contributed by atoms with Crippen LogP contribution in [0, 0.1) is 0 Å². The van der Waals surface area contributed by atoms with E-state index in [1.54, 1.807) is 28.6 Å². The van der Waals surface area contributed by atoms with Crippen LogP contribution in [-0.4, -0.2) is 50.6 Å². The number of ether oxygens (including phenoxy) is 2. The van der Waals surface area contributed by atoms with Crippen molar-refractivity contribution in [3.05, 3.63) is 65.2 Å². The van der Waals surface area contributed by atoms with Gasteiger partial charge in [0.1, 0.15) is 0 Å². The highest BCUT2D eigenvalue weighted by Gasteiger charge is 2.27. The van der Waals surface area contributed by atoms with Crippen LogP contribution < -0.4 is 9.47 Å². The number of benzene rings is 3. The number of rotatable bonds is 11. The Bertz CT molecular complexity index is 1240. The molecule has 0 saturated carbocycles. The number of hydrogen-bond acceptors (Lipinski definition) is 5. The van der Waals surface area contributed by atoms with Crippen LogP contribution in [0.25, 0.3) is 10.8 Å². The van der Waals surface area contributed by atoms with E-state index in [0.717, 1.165) is 48.8 Å². The standard InChI is InChI=1S/C26H31ClN2O4S/c1-3-28(4-2)15-5-6-16-29(18-21-10-8-12-25-26(21)33-19-32-25)34(30,31)22-13-14-23-20(17-22)9-7-11-24(23)27/h7-14,17H,3-6,15-16,18-19H2,1-2H3. The molecule has 0 atom stereocenters. The van der Waals surface area contributed by atoms with Gasteiger partial charge in [-0.15, -0.1) is 0 Å². The highest BCUT2D eigenvalue weighted by atomic mass is 35.5. The molecule has 6 nitrogen and oxygen atoms in total. The Morgan fingerprint density at radius 1 is 0.941 bits per heavy atom. The van der Waals surface area contributed by atoms with Crippen molar-refractivity contribution in [2.24, 2.45) is 0 Å². The number of sulfonamides is 1. The second-order valence-corrected chi connectivity index (χ2v) is 10.7. The Labute approximate surface area is 207 Å². The molecule has 0 N–H and O–H groups in total. The van der Waals surface area contributed by atoms with E-state index in [1.165, 1.54) is 0 Å². The topological polar surface area (TPSA) is 59.1 Å². The first-order valence-corrected chi connectivity index (χ1v) is 13.5. The average Bonchev–Trinajstić information content (AvgIpc) is 3.33. The van der Waals surface area contributed by atoms with Gasteiger partial charge in [-0.05, 0) is 62.1 Å². The van der Waals surface area contributed by atoms with Gasteiger partial charge < -0.3 is 14.4 Å². The molecule has 1 aliphatic heterocycles. The maximum Gasteiger partial charge on any atom is 0.243 e. The second kappa shape index (κ2) is 11.0. The summed E-state index contributed by atoms with van der Waals surface area (Å²) in [5.74, 6) is 1.27. The summed E-state index contributed by atoms with van der Waals surface area (Å²) in [5, 5.41) is 2.24. The minimum absolute atomic E-state index is 0.147. The number of nitrogens with zero attached hydrogens (tertiary/aromatic N) is 2. The second-order valence-electron chi connectivity index (χ2n) is 8.35. The van der Waals surface area contributed by atoms with Crippen LogP contribution >= 0.6 is 11.6 Å². The van der Waals surface area contributed by atoms with Crippen molar-refractivity contribution in [2.75, 3.05) is 33.0 Å². The van der Waals surface area contributed by atoms with Crippen LogP contribution in [-0.2, 0) is 16.6 Å². The van der Waals surface area contributed by atoms with Crippen LogP contribution in [0.4, 0.5) is 0 Å². The van der Waals surface area contributed by atoms with Crippen LogP contribution in [0.5, 0.6) is 11.5 Å². The van der Waals surface area contributed by atoms with Gasteiger partial charge in [-0.25, -0.2) is 8.42 Å². The minimum atomic E-state index is -3.75. The fraction of sp³-hybridized carbons (Fsp3) is 0.385. The van der Waals surface area contributed by atoms with E-state index in [2.05, 4.69) is 18.7 Å². The molecule has 182 valence electrons. The zero-order valence-electron chi connectivity index (χ0n) is 19.7. The molecule has 3 aromatic rings. The van der Waals surface area contributed by atoms with Crippen LogP contribution in [0.1, 0.15) is 32.3 Å². The molecule has 0 aromatic heterocycles. The molecule has 0 saturated heterocycles. The highest BCUT2D eigenvalue weighted by molar-refractivity contribution is 7.89. The van der Waals surface area contributed by atoms with Gasteiger partial charge in [-0.1, -0.05) is 55.8 Å². The third kappa shape index (κ3) is 5.33. The molecule has 0 aliphatic carbocycles.